The predicted molar refractivity (Wildman–Crippen MR) is 82.3 cm³/mol. The second-order valence-corrected chi connectivity index (χ2v) is 5.42. The van der Waals surface area contributed by atoms with E-state index in [-0.39, 0.29) is 5.82 Å². The molecule has 0 saturated heterocycles. The lowest BCUT2D eigenvalue weighted by molar-refractivity contribution is 0.265. The zero-order valence-electron chi connectivity index (χ0n) is 12.0. The summed E-state index contributed by atoms with van der Waals surface area (Å²) in [5, 5.41) is 3.45. The Morgan fingerprint density at radius 2 is 1.90 bits per heavy atom. The molecule has 1 N–H and O–H groups in total. The van der Waals surface area contributed by atoms with Crippen LogP contribution in [0.25, 0.3) is 0 Å². The fraction of sp³-hybridized carbons (Fsp3) is 0.333. The van der Waals surface area contributed by atoms with E-state index in [1.165, 1.54) is 11.6 Å². The average molecular weight is 285 g/mol. The maximum atomic E-state index is 13.5. The van der Waals surface area contributed by atoms with Crippen molar-refractivity contribution in [2.75, 3.05) is 19.7 Å². The van der Waals surface area contributed by atoms with Crippen LogP contribution in [0.3, 0.4) is 0 Å². The molecule has 2 aromatic rings. The van der Waals surface area contributed by atoms with Crippen LogP contribution in [0.1, 0.15) is 23.5 Å². The van der Waals surface area contributed by atoms with Gasteiger partial charge in [0, 0.05) is 12.5 Å². The molecule has 0 aromatic heterocycles. The van der Waals surface area contributed by atoms with Crippen molar-refractivity contribution in [3.63, 3.8) is 0 Å². The summed E-state index contributed by atoms with van der Waals surface area (Å²) in [6, 6.07) is 15.2. The highest BCUT2D eigenvalue weighted by molar-refractivity contribution is 5.37. The number of hydrogen-bond donors (Lipinski definition) is 1. The third-order valence-corrected chi connectivity index (χ3v) is 4.00. The fourth-order valence-corrected chi connectivity index (χ4v) is 2.83. The third-order valence-electron chi connectivity index (χ3n) is 4.00. The van der Waals surface area contributed by atoms with Gasteiger partial charge in [0.05, 0.1) is 6.61 Å². The van der Waals surface area contributed by atoms with E-state index in [1.807, 2.05) is 24.3 Å². The molecule has 110 valence electrons. The van der Waals surface area contributed by atoms with Crippen molar-refractivity contribution in [2.45, 2.75) is 18.8 Å². The second-order valence-electron chi connectivity index (χ2n) is 5.42. The van der Waals surface area contributed by atoms with E-state index in [9.17, 15) is 4.39 Å². The lowest BCUT2D eigenvalue weighted by Crippen LogP contribution is -2.27. The zero-order chi connectivity index (χ0) is 14.5. The predicted octanol–water partition coefficient (Wildman–Crippen LogP) is 3.52. The number of ether oxygens (including phenoxy) is 1. The molecule has 1 atom stereocenters. The highest BCUT2D eigenvalue weighted by Crippen LogP contribution is 2.32. The van der Waals surface area contributed by atoms with Gasteiger partial charge in [-0.2, -0.15) is 0 Å². The quantitative estimate of drug-likeness (QED) is 0.849. The topological polar surface area (TPSA) is 21.3 Å². The Kier molecular flexibility index (Phi) is 4.51. The summed E-state index contributed by atoms with van der Waals surface area (Å²) in [5.74, 6) is 1.37. The van der Waals surface area contributed by atoms with Crippen molar-refractivity contribution in [1.29, 1.82) is 0 Å². The highest BCUT2D eigenvalue weighted by atomic mass is 19.1. The van der Waals surface area contributed by atoms with Crippen molar-refractivity contribution in [2.24, 2.45) is 0 Å². The van der Waals surface area contributed by atoms with Crippen molar-refractivity contribution >= 4 is 0 Å². The molecule has 0 saturated carbocycles. The normalized spacial score (nSPS) is 17.1. The van der Waals surface area contributed by atoms with Crippen LogP contribution < -0.4 is 10.1 Å². The molecule has 0 amide bonds. The lowest BCUT2D eigenvalue weighted by Gasteiger charge is -2.26. The maximum absolute atomic E-state index is 13.5. The first-order valence-electron chi connectivity index (χ1n) is 7.50. The van der Waals surface area contributed by atoms with Crippen LogP contribution in [0.2, 0.25) is 0 Å². The van der Waals surface area contributed by atoms with Gasteiger partial charge in [-0.05, 0) is 42.6 Å². The Morgan fingerprint density at radius 3 is 2.81 bits per heavy atom. The smallest absolute Gasteiger partial charge is 0.126 e. The van der Waals surface area contributed by atoms with E-state index < -0.39 is 0 Å². The molecule has 1 aliphatic heterocycles. The average Bonchev–Trinajstić information content (AvgIpc) is 2.53. The first-order valence-corrected chi connectivity index (χ1v) is 7.50. The summed E-state index contributed by atoms with van der Waals surface area (Å²) in [4.78, 5) is 0. The van der Waals surface area contributed by atoms with Gasteiger partial charge in [-0.1, -0.05) is 36.4 Å². The molecule has 2 aromatic carbocycles. The maximum Gasteiger partial charge on any atom is 0.126 e. The number of fused-ring (bicyclic) bond motifs is 1. The van der Waals surface area contributed by atoms with Gasteiger partial charge >= 0.3 is 0 Å². The molecule has 3 rings (SSSR count). The first kappa shape index (κ1) is 14.1. The minimum atomic E-state index is -0.115. The Hall–Kier alpha value is -1.87. The van der Waals surface area contributed by atoms with Crippen molar-refractivity contribution in [1.82, 2.24) is 5.32 Å². The number of benzene rings is 2. The molecular formula is C18H20FNO. The number of halogens is 1. The van der Waals surface area contributed by atoms with Gasteiger partial charge < -0.3 is 10.1 Å². The minimum absolute atomic E-state index is 0.115. The Balaban J connectivity index is 1.52. The summed E-state index contributed by atoms with van der Waals surface area (Å²) < 4.78 is 19.2. The van der Waals surface area contributed by atoms with E-state index in [0.29, 0.717) is 5.92 Å². The zero-order valence-corrected chi connectivity index (χ0v) is 12.0. The number of nitrogens with one attached hydrogen (secondary N) is 1. The molecule has 2 nitrogen and oxygen atoms in total. The van der Waals surface area contributed by atoms with E-state index in [4.69, 9.17) is 4.74 Å². The van der Waals surface area contributed by atoms with E-state index >= 15 is 0 Å². The fourth-order valence-electron chi connectivity index (χ4n) is 2.83. The number of para-hydroxylation sites is 1. The SMILES string of the molecule is Fc1ccccc1CCNCC1CCOc2ccccc21. The van der Waals surface area contributed by atoms with Gasteiger partial charge in [-0.3, -0.25) is 0 Å². The molecule has 0 radical (unpaired) electrons. The summed E-state index contributed by atoms with van der Waals surface area (Å²) in [6.45, 7) is 2.48. The largest absolute Gasteiger partial charge is 0.493 e. The molecule has 0 fully saturated rings. The molecular weight excluding hydrogens is 265 g/mol. The van der Waals surface area contributed by atoms with Gasteiger partial charge in [-0.25, -0.2) is 4.39 Å². The third kappa shape index (κ3) is 3.42. The van der Waals surface area contributed by atoms with E-state index in [1.54, 1.807) is 6.07 Å². The highest BCUT2D eigenvalue weighted by Gasteiger charge is 2.20. The van der Waals surface area contributed by atoms with Gasteiger partial charge in [0.15, 0.2) is 0 Å². The van der Waals surface area contributed by atoms with Crippen molar-refractivity contribution in [3.05, 3.63) is 65.5 Å². The van der Waals surface area contributed by atoms with Crippen LogP contribution in [0.4, 0.5) is 4.39 Å². The van der Waals surface area contributed by atoms with Crippen LogP contribution in [0, 0.1) is 5.82 Å². The summed E-state index contributed by atoms with van der Waals surface area (Å²) in [7, 11) is 0. The van der Waals surface area contributed by atoms with Gasteiger partial charge in [0.25, 0.3) is 0 Å². The van der Waals surface area contributed by atoms with E-state index in [0.717, 1.165) is 43.9 Å². The van der Waals surface area contributed by atoms with Crippen molar-refractivity contribution in [3.8, 4) is 5.75 Å². The molecule has 21 heavy (non-hydrogen) atoms. The number of hydrogen-bond acceptors (Lipinski definition) is 2. The molecule has 0 aliphatic carbocycles. The van der Waals surface area contributed by atoms with Gasteiger partial charge in [0.2, 0.25) is 0 Å². The van der Waals surface area contributed by atoms with Crippen molar-refractivity contribution < 1.29 is 9.13 Å². The van der Waals surface area contributed by atoms with Gasteiger partial charge in [-0.15, -0.1) is 0 Å². The summed E-state index contributed by atoms with van der Waals surface area (Å²) in [5.41, 5.74) is 2.06. The molecule has 3 heteroatoms. The molecule has 1 aliphatic rings. The van der Waals surface area contributed by atoms with E-state index in [2.05, 4.69) is 17.4 Å². The number of rotatable bonds is 5. The van der Waals surface area contributed by atoms with Gasteiger partial charge in [0.1, 0.15) is 11.6 Å². The minimum Gasteiger partial charge on any atom is -0.493 e. The molecule has 1 heterocycles. The molecule has 0 bridgehead atoms. The Bertz CT molecular complexity index is 599. The van der Waals surface area contributed by atoms with Crippen LogP contribution in [0.5, 0.6) is 5.75 Å². The van der Waals surface area contributed by atoms with Crippen LogP contribution >= 0.6 is 0 Å². The van der Waals surface area contributed by atoms with Crippen LogP contribution in [-0.2, 0) is 6.42 Å². The monoisotopic (exact) mass is 285 g/mol. The second kappa shape index (κ2) is 6.72. The standard InChI is InChI=1S/C18H20FNO/c19-17-7-3-1-5-14(17)9-11-20-13-15-10-12-21-18-8-4-2-6-16(15)18/h1-8,15,20H,9-13H2. The first-order chi connectivity index (χ1) is 10.3. The molecule has 0 spiro atoms. The Morgan fingerprint density at radius 1 is 1.10 bits per heavy atom. The van der Waals surface area contributed by atoms with Crippen LogP contribution in [0.15, 0.2) is 48.5 Å². The van der Waals surface area contributed by atoms with Crippen LogP contribution in [-0.4, -0.2) is 19.7 Å². The molecule has 1 unspecified atom stereocenters. The summed E-state index contributed by atoms with van der Waals surface area (Å²) >= 11 is 0. The Labute approximate surface area is 125 Å². The summed E-state index contributed by atoms with van der Waals surface area (Å²) in [6.07, 6.45) is 1.75. The lowest BCUT2D eigenvalue weighted by atomic mass is 9.93.